The fraction of sp³-hybridized carbons (Fsp3) is 0.538. The van der Waals surface area contributed by atoms with Crippen LogP contribution in [0.4, 0.5) is 0 Å². The first kappa shape index (κ1) is 14.6. The van der Waals surface area contributed by atoms with Crippen molar-refractivity contribution in [3.63, 3.8) is 0 Å². The van der Waals surface area contributed by atoms with Gasteiger partial charge in [0.2, 0.25) is 11.7 Å². The second-order valence-corrected chi connectivity index (χ2v) is 5.56. The summed E-state index contributed by atoms with van der Waals surface area (Å²) in [5, 5.41) is 16.9. The number of nitrogens with one attached hydrogen (secondary N) is 1. The van der Waals surface area contributed by atoms with Gasteiger partial charge in [-0.25, -0.2) is 0 Å². The Morgan fingerprint density at radius 3 is 2.90 bits per heavy atom. The second kappa shape index (κ2) is 7.14. The number of amides is 1. The van der Waals surface area contributed by atoms with Crippen LogP contribution < -0.4 is 5.32 Å². The molecule has 0 saturated heterocycles. The Morgan fingerprint density at radius 1 is 1.45 bits per heavy atom. The van der Waals surface area contributed by atoms with Crippen molar-refractivity contribution >= 4 is 17.2 Å². The SMILES string of the molecule is CCC(CC)CNC(=O)Cn1nnc(-c2cccs2)n1. The minimum atomic E-state index is -0.0768. The quantitative estimate of drug-likeness (QED) is 0.847. The normalized spacial score (nSPS) is 10.9. The first-order valence-electron chi connectivity index (χ1n) is 6.81. The Morgan fingerprint density at radius 2 is 2.25 bits per heavy atom. The van der Waals surface area contributed by atoms with E-state index < -0.39 is 0 Å². The molecule has 0 unspecified atom stereocenters. The monoisotopic (exact) mass is 293 g/mol. The molecule has 0 fully saturated rings. The number of rotatable bonds is 7. The zero-order chi connectivity index (χ0) is 14.4. The van der Waals surface area contributed by atoms with Gasteiger partial charge in [-0.2, -0.15) is 4.80 Å². The van der Waals surface area contributed by atoms with E-state index in [9.17, 15) is 4.79 Å². The summed E-state index contributed by atoms with van der Waals surface area (Å²) in [5.74, 6) is 1.02. The number of hydrogen-bond acceptors (Lipinski definition) is 5. The van der Waals surface area contributed by atoms with E-state index >= 15 is 0 Å². The maximum absolute atomic E-state index is 11.8. The molecule has 0 aliphatic heterocycles. The van der Waals surface area contributed by atoms with Crippen LogP contribution in [-0.4, -0.2) is 32.7 Å². The predicted octanol–water partition coefficient (Wildman–Crippen LogP) is 1.95. The fourth-order valence-corrected chi connectivity index (χ4v) is 2.48. The van der Waals surface area contributed by atoms with Crippen molar-refractivity contribution in [2.75, 3.05) is 6.54 Å². The highest BCUT2D eigenvalue weighted by molar-refractivity contribution is 7.13. The topological polar surface area (TPSA) is 72.7 Å². The molecule has 0 aliphatic rings. The third kappa shape index (κ3) is 3.86. The molecule has 0 atom stereocenters. The summed E-state index contributed by atoms with van der Waals surface area (Å²) in [4.78, 5) is 14.1. The number of nitrogens with zero attached hydrogens (tertiary/aromatic N) is 4. The average molecular weight is 293 g/mol. The zero-order valence-corrected chi connectivity index (χ0v) is 12.6. The first-order chi connectivity index (χ1) is 9.72. The maximum atomic E-state index is 11.8. The number of carbonyl (C=O) groups excluding carboxylic acids is 1. The van der Waals surface area contributed by atoms with Crippen molar-refractivity contribution in [2.45, 2.75) is 33.2 Å². The minimum Gasteiger partial charge on any atom is -0.354 e. The Hall–Kier alpha value is -1.76. The van der Waals surface area contributed by atoms with E-state index in [1.54, 1.807) is 11.3 Å². The molecule has 0 aromatic carbocycles. The molecule has 1 amide bonds. The lowest BCUT2D eigenvalue weighted by Crippen LogP contribution is -2.32. The number of aromatic nitrogens is 4. The van der Waals surface area contributed by atoms with Crippen molar-refractivity contribution in [1.29, 1.82) is 0 Å². The van der Waals surface area contributed by atoms with E-state index in [0.29, 0.717) is 18.3 Å². The first-order valence-corrected chi connectivity index (χ1v) is 7.69. The molecule has 0 spiro atoms. The molecule has 7 heteroatoms. The van der Waals surface area contributed by atoms with Crippen molar-refractivity contribution in [3.8, 4) is 10.7 Å². The molecule has 108 valence electrons. The highest BCUT2D eigenvalue weighted by Crippen LogP contribution is 2.19. The van der Waals surface area contributed by atoms with E-state index in [-0.39, 0.29) is 12.5 Å². The lowest BCUT2D eigenvalue weighted by atomic mass is 10.0. The van der Waals surface area contributed by atoms with Gasteiger partial charge in [-0.1, -0.05) is 32.8 Å². The predicted molar refractivity (Wildman–Crippen MR) is 78.2 cm³/mol. The zero-order valence-electron chi connectivity index (χ0n) is 11.7. The van der Waals surface area contributed by atoms with Crippen molar-refractivity contribution < 1.29 is 4.79 Å². The maximum Gasteiger partial charge on any atom is 0.243 e. The van der Waals surface area contributed by atoms with Crippen LogP contribution in [0.3, 0.4) is 0 Å². The third-order valence-electron chi connectivity index (χ3n) is 3.22. The molecule has 2 aromatic rings. The lowest BCUT2D eigenvalue weighted by Gasteiger charge is -2.12. The molecule has 2 heterocycles. The van der Waals surface area contributed by atoms with E-state index in [0.717, 1.165) is 17.7 Å². The molecule has 2 aromatic heterocycles. The summed E-state index contributed by atoms with van der Waals surface area (Å²) in [7, 11) is 0. The summed E-state index contributed by atoms with van der Waals surface area (Å²) in [5.41, 5.74) is 0. The minimum absolute atomic E-state index is 0.0768. The van der Waals surface area contributed by atoms with Gasteiger partial charge >= 0.3 is 0 Å². The highest BCUT2D eigenvalue weighted by atomic mass is 32.1. The van der Waals surface area contributed by atoms with Gasteiger partial charge in [-0.15, -0.1) is 21.5 Å². The molecule has 20 heavy (non-hydrogen) atoms. The van der Waals surface area contributed by atoms with E-state index in [1.165, 1.54) is 4.80 Å². The Labute approximate surface area is 122 Å². The average Bonchev–Trinajstić information content (AvgIpc) is 3.10. The van der Waals surface area contributed by atoms with Crippen LogP contribution in [0.1, 0.15) is 26.7 Å². The molecule has 0 saturated carbocycles. The summed E-state index contributed by atoms with van der Waals surface area (Å²) >= 11 is 1.55. The number of thiophene rings is 1. The van der Waals surface area contributed by atoms with Crippen LogP contribution >= 0.6 is 11.3 Å². The fourth-order valence-electron chi connectivity index (χ4n) is 1.83. The van der Waals surface area contributed by atoms with Crippen LogP contribution in [-0.2, 0) is 11.3 Å². The molecule has 1 N–H and O–H groups in total. The standard InChI is InChI=1S/C13H19N5OS/c1-3-10(4-2)8-14-12(19)9-18-16-13(15-17-18)11-6-5-7-20-11/h5-7,10H,3-4,8-9H2,1-2H3,(H,14,19). The Bertz CT molecular complexity index is 533. The van der Waals surface area contributed by atoms with Crippen LogP contribution in [0.5, 0.6) is 0 Å². The summed E-state index contributed by atoms with van der Waals surface area (Å²) in [6.45, 7) is 5.08. The van der Waals surface area contributed by atoms with Gasteiger partial charge in [0.25, 0.3) is 0 Å². The molecule has 0 radical (unpaired) electrons. The molecule has 0 aliphatic carbocycles. The van der Waals surface area contributed by atoms with E-state index in [1.807, 2.05) is 17.5 Å². The third-order valence-corrected chi connectivity index (χ3v) is 4.09. The highest BCUT2D eigenvalue weighted by Gasteiger charge is 2.11. The number of tetrazole rings is 1. The number of carbonyl (C=O) groups is 1. The molecular formula is C13H19N5OS. The van der Waals surface area contributed by atoms with Crippen LogP contribution in [0.15, 0.2) is 17.5 Å². The second-order valence-electron chi connectivity index (χ2n) is 4.61. The molecule has 2 rings (SSSR count). The van der Waals surface area contributed by atoms with Gasteiger partial charge in [0, 0.05) is 6.54 Å². The summed E-state index contributed by atoms with van der Waals surface area (Å²) < 4.78 is 0. The lowest BCUT2D eigenvalue weighted by molar-refractivity contribution is -0.122. The largest absolute Gasteiger partial charge is 0.354 e. The van der Waals surface area contributed by atoms with Gasteiger partial charge in [-0.3, -0.25) is 4.79 Å². The molecular weight excluding hydrogens is 274 g/mol. The van der Waals surface area contributed by atoms with Gasteiger partial charge in [-0.05, 0) is 22.6 Å². The van der Waals surface area contributed by atoms with Crippen molar-refractivity contribution in [1.82, 2.24) is 25.5 Å². The van der Waals surface area contributed by atoms with Crippen molar-refractivity contribution in [2.24, 2.45) is 5.92 Å². The van der Waals surface area contributed by atoms with Gasteiger partial charge in [0.1, 0.15) is 6.54 Å². The van der Waals surface area contributed by atoms with Gasteiger partial charge in [0.05, 0.1) is 4.88 Å². The number of hydrogen-bond donors (Lipinski definition) is 1. The van der Waals surface area contributed by atoms with Gasteiger partial charge in [0.15, 0.2) is 0 Å². The smallest absolute Gasteiger partial charge is 0.243 e. The Kier molecular flexibility index (Phi) is 5.23. The van der Waals surface area contributed by atoms with Crippen molar-refractivity contribution in [3.05, 3.63) is 17.5 Å². The van der Waals surface area contributed by atoms with E-state index in [2.05, 4.69) is 34.6 Å². The van der Waals surface area contributed by atoms with Crippen LogP contribution in [0, 0.1) is 5.92 Å². The molecule has 0 bridgehead atoms. The summed E-state index contributed by atoms with van der Waals surface area (Å²) in [6.07, 6.45) is 2.14. The van der Waals surface area contributed by atoms with Crippen LogP contribution in [0.2, 0.25) is 0 Å². The Balaban J connectivity index is 1.86. The van der Waals surface area contributed by atoms with Crippen LogP contribution in [0.25, 0.3) is 10.7 Å². The molecule has 6 nitrogen and oxygen atoms in total. The van der Waals surface area contributed by atoms with Gasteiger partial charge < -0.3 is 5.32 Å². The van der Waals surface area contributed by atoms with E-state index in [4.69, 9.17) is 0 Å². The summed E-state index contributed by atoms with van der Waals surface area (Å²) in [6, 6.07) is 3.86.